The smallest absolute Gasteiger partial charge is 0.0615 e. The third-order valence-electron chi connectivity index (χ3n) is 2.74. The Morgan fingerprint density at radius 1 is 1.12 bits per heavy atom. The lowest BCUT2D eigenvalue weighted by Gasteiger charge is -2.28. The average Bonchev–Trinajstić information content (AvgIpc) is 2.28. The lowest BCUT2D eigenvalue weighted by molar-refractivity contribution is 0.0741. The van der Waals surface area contributed by atoms with E-state index in [0.29, 0.717) is 6.04 Å². The summed E-state index contributed by atoms with van der Waals surface area (Å²) in [4.78, 5) is 2.43. The van der Waals surface area contributed by atoms with Crippen LogP contribution in [0, 0.1) is 0 Å². The number of rotatable bonds is 11. The summed E-state index contributed by atoms with van der Waals surface area (Å²) in [6, 6.07) is 0.467. The van der Waals surface area contributed by atoms with Gasteiger partial charge >= 0.3 is 0 Å². The lowest BCUT2D eigenvalue weighted by atomic mass is 10.2. The molecule has 0 rings (SSSR count). The monoisotopic (exact) mass is 232 g/mol. The molecule has 0 aromatic carbocycles. The Morgan fingerprint density at radius 2 is 1.88 bits per heavy atom. The molecule has 0 saturated carbocycles. The average molecular weight is 232 g/mol. The Kier molecular flexibility index (Phi) is 11.2. The molecule has 0 heterocycles. The lowest BCUT2D eigenvalue weighted by Crippen LogP contribution is -2.39. The summed E-state index contributed by atoms with van der Waals surface area (Å²) >= 11 is 0. The zero-order valence-corrected chi connectivity index (χ0v) is 11.3. The minimum absolute atomic E-state index is 0.467. The van der Waals surface area contributed by atoms with Crippen LogP contribution in [0.15, 0.2) is 0 Å². The molecule has 98 valence electrons. The van der Waals surface area contributed by atoms with E-state index in [-0.39, 0.29) is 0 Å². The Balaban J connectivity index is 3.79. The molecule has 0 aliphatic rings. The van der Waals surface area contributed by atoms with Gasteiger partial charge in [0, 0.05) is 26.8 Å². The zero-order valence-electron chi connectivity index (χ0n) is 11.3. The van der Waals surface area contributed by atoms with Crippen LogP contribution in [0.2, 0.25) is 0 Å². The number of ether oxygens (including phenoxy) is 2. The standard InChI is InChI=1S/C12H28N2O2/c1-12(11-16-4)14(9-10-15-3)8-6-5-7-13-2/h12-13H,5-11H2,1-4H3. The summed E-state index contributed by atoms with van der Waals surface area (Å²) in [5, 5.41) is 3.17. The van der Waals surface area contributed by atoms with Crippen molar-refractivity contribution in [3.05, 3.63) is 0 Å². The molecule has 0 aromatic rings. The third kappa shape index (κ3) is 8.05. The molecule has 1 N–H and O–H groups in total. The molecular formula is C12H28N2O2. The molecule has 0 aliphatic carbocycles. The number of nitrogens with one attached hydrogen (secondary N) is 1. The van der Waals surface area contributed by atoms with Crippen molar-refractivity contribution in [1.82, 2.24) is 10.2 Å². The summed E-state index contributed by atoms with van der Waals surface area (Å²) in [7, 11) is 5.50. The Hall–Kier alpha value is -0.160. The van der Waals surface area contributed by atoms with Gasteiger partial charge in [-0.15, -0.1) is 0 Å². The summed E-state index contributed by atoms with van der Waals surface area (Å²) in [5.74, 6) is 0. The fraction of sp³-hybridized carbons (Fsp3) is 1.00. The molecule has 1 unspecified atom stereocenters. The molecule has 0 radical (unpaired) electrons. The van der Waals surface area contributed by atoms with Crippen LogP contribution in [-0.4, -0.2) is 65.1 Å². The predicted octanol–water partition coefficient (Wildman–Crippen LogP) is 0.969. The quantitative estimate of drug-likeness (QED) is 0.538. The summed E-state index contributed by atoms with van der Waals surface area (Å²) < 4.78 is 10.3. The summed E-state index contributed by atoms with van der Waals surface area (Å²) in [5.41, 5.74) is 0. The van der Waals surface area contributed by atoms with Crippen LogP contribution in [0.25, 0.3) is 0 Å². The number of hydrogen-bond acceptors (Lipinski definition) is 4. The first-order valence-electron chi connectivity index (χ1n) is 6.12. The van der Waals surface area contributed by atoms with Crippen molar-refractivity contribution in [2.45, 2.75) is 25.8 Å². The van der Waals surface area contributed by atoms with Crippen molar-refractivity contribution in [2.24, 2.45) is 0 Å². The highest BCUT2D eigenvalue weighted by atomic mass is 16.5. The van der Waals surface area contributed by atoms with Crippen LogP contribution in [0.1, 0.15) is 19.8 Å². The number of unbranched alkanes of at least 4 members (excludes halogenated alkanes) is 1. The first-order chi connectivity index (χ1) is 7.76. The van der Waals surface area contributed by atoms with Crippen LogP contribution in [0.5, 0.6) is 0 Å². The molecule has 0 amide bonds. The normalized spacial score (nSPS) is 13.3. The first kappa shape index (κ1) is 15.8. The van der Waals surface area contributed by atoms with E-state index in [1.54, 1.807) is 14.2 Å². The molecule has 4 nitrogen and oxygen atoms in total. The van der Waals surface area contributed by atoms with Gasteiger partial charge in [-0.1, -0.05) is 0 Å². The highest BCUT2D eigenvalue weighted by Gasteiger charge is 2.12. The predicted molar refractivity (Wildman–Crippen MR) is 67.9 cm³/mol. The van der Waals surface area contributed by atoms with E-state index in [1.807, 2.05) is 7.05 Å². The highest BCUT2D eigenvalue weighted by Crippen LogP contribution is 2.02. The van der Waals surface area contributed by atoms with Gasteiger partial charge in [-0.05, 0) is 39.9 Å². The van der Waals surface area contributed by atoms with E-state index in [0.717, 1.165) is 32.8 Å². The van der Waals surface area contributed by atoms with Crippen LogP contribution < -0.4 is 5.32 Å². The molecule has 0 aromatic heterocycles. The largest absolute Gasteiger partial charge is 0.383 e. The van der Waals surface area contributed by atoms with E-state index in [4.69, 9.17) is 9.47 Å². The van der Waals surface area contributed by atoms with E-state index >= 15 is 0 Å². The maximum absolute atomic E-state index is 5.20. The highest BCUT2D eigenvalue weighted by molar-refractivity contribution is 4.66. The fourth-order valence-corrected chi connectivity index (χ4v) is 1.72. The van der Waals surface area contributed by atoms with Gasteiger partial charge in [-0.2, -0.15) is 0 Å². The SMILES string of the molecule is CNCCCCN(CCOC)C(C)COC. The molecule has 4 heteroatoms. The van der Waals surface area contributed by atoms with Gasteiger partial charge in [0.25, 0.3) is 0 Å². The third-order valence-corrected chi connectivity index (χ3v) is 2.74. The molecule has 0 bridgehead atoms. The number of hydrogen-bond donors (Lipinski definition) is 1. The number of nitrogens with zero attached hydrogens (tertiary/aromatic N) is 1. The minimum Gasteiger partial charge on any atom is -0.383 e. The Bertz CT molecular complexity index is 145. The second kappa shape index (κ2) is 11.3. The summed E-state index contributed by atoms with van der Waals surface area (Å²) in [6.07, 6.45) is 2.44. The van der Waals surface area contributed by atoms with Gasteiger partial charge < -0.3 is 14.8 Å². The minimum atomic E-state index is 0.467. The van der Waals surface area contributed by atoms with E-state index in [1.165, 1.54) is 12.8 Å². The molecule has 1 atom stereocenters. The maximum atomic E-state index is 5.20. The maximum Gasteiger partial charge on any atom is 0.0615 e. The van der Waals surface area contributed by atoms with Crippen molar-refractivity contribution >= 4 is 0 Å². The van der Waals surface area contributed by atoms with Crippen molar-refractivity contribution in [3.8, 4) is 0 Å². The first-order valence-corrected chi connectivity index (χ1v) is 6.12. The van der Waals surface area contributed by atoms with Gasteiger partial charge in [0.2, 0.25) is 0 Å². The molecule has 16 heavy (non-hydrogen) atoms. The van der Waals surface area contributed by atoms with Gasteiger partial charge in [0.05, 0.1) is 13.2 Å². The van der Waals surface area contributed by atoms with E-state index in [9.17, 15) is 0 Å². The summed E-state index contributed by atoms with van der Waals surface area (Å²) in [6.45, 7) is 6.99. The van der Waals surface area contributed by atoms with Crippen LogP contribution in [-0.2, 0) is 9.47 Å². The topological polar surface area (TPSA) is 33.7 Å². The molecule has 0 saturated heterocycles. The van der Waals surface area contributed by atoms with Gasteiger partial charge in [-0.3, -0.25) is 4.90 Å². The second-order valence-electron chi connectivity index (χ2n) is 4.14. The van der Waals surface area contributed by atoms with Crippen molar-refractivity contribution < 1.29 is 9.47 Å². The van der Waals surface area contributed by atoms with E-state index in [2.05, 4.69) is 17.1 Å². The van der Waals surface area contributed by atoms with Crippen LogP contribution >= 0.6 is 0 Å². The van der Waals surface area contributed by atoms with Gasteiger partial charge in [0.15, 0.2) is 0 Å². The van der Waals surface area contributed by atoms with Crippen molar-refractivity contribution in [1.29, 1.82) is 0 Å². The van der Waals surface area contributed by atoms with Crippen molar-refractivity contribution in [3.63, 3.8) is 0 Å². The number of methoxy groups -OCH3 is 2. The van der Waals surface area contributed by atoms with Crippen LogP contribution in [0.3, 0.4) is 0 Å². The Labute approximate surface area is 100 Å². The van der Waals surface area contributed by atoms with Gasteiger partial charge in [-0.25, -0.2) is 0 Å². The van der Waals surface area contributed by atoms with Crippen molar-refractivity contribution in [2.75, 3.05) is 54.1 Å². The zero-order chi connectivity index (χ0) is 12.2. The van der Waals surface area contributed by atoms with Crippen LogP contribution in [0.4, 0.5) is 0 Å². The molecule has 0 aliphatic heterocycles. The molecule has 0 spiro atoms. The Morgan fingerprint density at radius 3 is 2.44 bits per heavy atom. The fourth-order valence-electron chi connectivity index (χ4n) is 1.72. The van der Waals surface area contributed by atoms with E-state index < -0.39 is 0 Å². The van der Waals surface area contributed by atoms with Gasteiger partial charge in [0.1, 0.15) is 0 Å². The second-order valence-corrected chi connectivity index (χ2v) is 4.14. The molecular weight excluding hydrogens is 204 g/mol. The molecule has 0 fully saturated rings.